The van der Waals surface area contributed by atoms with E-state index in [2.05, 4.69) is 36.2 Å². The molecule has 1 unspecified atom stereocenters. The highest BCUT2D eigenvalue weighted by molar-refractivity contribution is 6.36. The lowest BCUT2D eigenvalue weighted by atomic mass is 9.54. The largest absolute Gasteiger partial charge is 0.456 e. The van der Waals surface area contributed by atoms with Crippen LogP contribution in [0.2, 0.25) is 5.02 Å². The smallest absolute Gasteiger partial charge is 0.148 e. The zero-order valence-electron chi connectivity index (χ0n) is 20.8. The van der Waals surface area contributed by atoms with Crippen molar-refractivity contribution in [2.45, 2.75) is 31.8 Å². The summed E-state index contributed by atoms with van der Waals surface area (Å²) in [5.74, 6) is 2.72. The van der Waals surface area contributed by atoms with Crippen LogP contribution >= 0.6 is 11.6 Å². The molecule has 0 amide bonds. The van der Waals surface area contributed by atoms with Gasteiger partial charge in [0.15, 0.2) is 0 Å². The Morgan fingerprint density at radius 3 is 2.76 bits per heavy atom. The van der Waals surface area contributed by atoms with Crippen molar-refractivity contribution in [1.29, 1.82) is 0 Å². The predicted octanol–water partition coefficient (Wildman–Crippen LogP) is 5.06. The summed E-state index contributed by atoms with van der Waals surface area (Å²) < 4.78 is 13.6. The first-order valence-electron chi connectivity index (χ1n) is 13.0. The van der Waals surface area contributed by atoms with Crippen molar-refractivity contribution in [3.8, 4) is 22.8 Å². The van der Waals surface area contributed by atoms with Gasteiger partial charge in [-0.2, -0.15) is 5.10 Å². The van der Waals surface area contributed by atoms with Crippen molar-refractivity contribution in [3.63, 3.8) is 0 Å². The maximum Gasteiger partial charge on any atom is 0.148 e. The number of aromatic nitrogens is 6. The van der Waals surface area contributed by atoms with Crippen LogP contribution in [0.25, 0.3) is 33.3 Å². The highest BCUT2D eigenvalue weighted by Crippen LogP contribution is 2.56. The standard InChI is InChI=1S/C28H26ClN7O2/c1-15-33-20-3-2-19(6-22(20)34-15)38-24-5-4-21-26(25(24)29)35-23(10-30-21)16-9-32-36(11-16)18-7-28(8-18)14-31-27(28)17-12-37-13-17/h2-6,9-11,17-18,27,31H,7-8,12-14H2,1H3,(H,33,34). The molecule has 5 aromatic rings. The third-order valence-corrected chi connectivity index (χ3v) is 8.81. The number of fused-ring (bicyclic) bond motifs is 2. The number of ether oxygens (including phenoxy) is 2. The van der Waals surface area contributed by atoms with E-state index in [0.29, 0.717) is 51.0 Å². The molecule has 192 valence electrons. The number of nitrogens with zero attached hydrogens (tertiary/aromatic N) is 5. The molecule has 1 atom stereocenters. The molecule has 9 nitrogen and oxygen atoms in total. The van der Waals surface area contributed by atoms with E-state index >= 15 is 0 Å². The fraction of sp³-hybridized carbons (Fsp3) is 0.357. The van der Waals surface area contributed by atoms with Crippen LogP contribution in [-0.4, -0.2) is 55.5 Å². The predicted molar refractivity (Wildman–Crippen MR) is 143 cm³/mol. The Hall–Kier alpha value is -3.53. The van der Waals surface area contributed by atoms with Gasteiger partial charge in [0, 0.05) is 41.7 Å². The van der Waals surface area contributed by atoms with Crippen molar-refractivity contribution < 1.29 is 9.47 Å². The van der Waals surface area contributed by atoms with E-state index in [1.165, 1.54) is 0 Å². The quantitative estimate of drug-likeness (QED) is 0.329. The molecule has 2 N–H and O–H groups in total. The van der Waals surface area contributed by atoms with Crippen LogP contribution in [0.1, 0.15) is 24.7 Å². The van der Waals surface area contributed by atoms with Crippen LogP contribution in [0.4, 0.5) is 0 Å². The molecule has 3 fully saturated rings. The second kappa shape index (κ2) is 8.23. The lowest BCUT2D eigenvalue weighted by Crippen LogP contribution is -2.72. The average molecular weight is 528 g/mol. The molecule has 0 radical (unpaired) electrons. The molecule has 38 heavy (non-hydrogen) atoms. The average Bonchev–Trinajstić information content (AvgIpc) is 3.47. The summed E-state index contributed by atoms with van der Waals surface area (Å²) in [5, 5.41) is 8.75. The van der Waals surface area contributed by atoms with E-state index in [-0.39, 0.29) is 0 Å². The molecule has 2 saturated heterocycles. The monoisotopic (exact) mass is 527 g/mol. The van der Waals surface area contributed by atoms with Crippen LogP contribution in [0.15, 0.2) is 48.9 Å². The van der Waals surface area contributed by atoms with E-state index < -0.39 is 0 Å². The molecule has 3 aromatic heterocycles. The molecule has 0 bridgehead atoms. The Morgan fingerprint density at radius 1 is 1.11 bits per heavy atom. The minimum absolute atomic E-state index is 0.415. The first kappa shape index (κ1) is 22.5. The van der Waals surface area contributed by atoms with Gasteiger partial charge >= 0.3 is 0 Å². The van der Waals surface area contributed by atoms with Crippen molar-refractivity contribution in [3.05, 3.63) is 59.8 Å². The third kappa shape index (κ3) is 3.46. The zero-order chi connectivity index (χ0) is 25.4. The van der Waals surface area contributed by atoms with Gasteiger partial charge in [-0.15, -0.1) is 0 Å². The number of aryl methyl sites for hydroxylation is 1. The summed E-state index contributed by atoms with van der Waals surface area (Å²) in [4.78, 5) is 17.1. The van der Waals surface area contributed by atoms with Crippen molar-refractivity contribution in [1.82, 2.24) is 35.0 Å². The highest BCUT2D eigenvalue weighted by Gasteiger charge is 2.59. The number of nitrogens with one attached hydrogen (secondary N) is 2. The van der Waals surface area contributed by atoms with Gasteiger partial charge in [0.25, 0.3) is 0 Å². The number of aromatic amines is 1. The number of imidazole rings is 1. The third-order valence-electron chi connectivity index (χ3n) is 8.44. The van der Waals surface area contributed by atoms with Gasteiger partial charge in [-0.3, -0.25) is 9.67 Å². The minimum Gasteiger partial charge on any atom is -0.456 e. The molecule has 8 rings (SSSR count). The molecular weight excluding hydrogens is 502 g/mol. The summed E-state index contributed by atoms with van der Waals surface area (Å²) in [7, 11) is 0. The number of hydrogen-bond donors (Lipinski definition) is 2. The number of rotatable bonds is 5. The van der Waals surface area contributed by atoms with Crippen LogP contribution < -0.4 is 10.1 Å². The Bertz CT molecular complexity index is 1700. The van der Waals surface area contributed by atoms with Crippen LogP contribution in [0.5, 0.6) is 11.5 Å². The van der Waals surface area contributed by atoms with Gasteiger partial charge in [0.05, 0.1) is 53.9 Å². The van der Waals surface area contributed by atoms with Crippen LogP contribution in [0.3, 0.4) is 0 Å². The number of halogens is 1. The van der Waals surface area contributed by atoms with Crippen molar-refractivity contribution in [2.75, 3.05) is 19.8 Å². The van der Waals surface area contributed by atoms with Crippen LogP contribution in [0, 0.1) is 18.3 Å². The van der Waals surface area contributed by atoms with Crippen molar-refractivity contribution >= 4 is 33.7 Å². The van der Waals surface area contributed by atoms with Gasteiger partial charge in [0.1, 0.15) is 27.9 Å². The molecule has 3 aliphatic rings. The maximum atomic E-state index is 6.79. The minimum atomic E-state index is 0.415. The van der Waals surface area contributed by atoms with Crippen LogP contribution in [-0.2, 0) is 4.74 Å². The van der Waals surface area contributed by atoms with E-state index in [4.69, 9.17) is 26.1 Å². The summed E-state index contributed by atoms with van der Waals surface area (Å²) in [6.45, 7) is 4.82. The number of hydrogen-bond acceptors (Lipinski definition) is 7. The van der Waals surface area contributed by atoms with E-state index in [9.17, 15) is 0 Å². The van der Waals surface area contributed by atoms with Gasteiger partial charge in [-0.05, 0) is 44.0 Å². The maximum absolute atomic E-state index is 6.79. The molecule has 10 heteroatoms. The Kier molecular flexibility index (Phi) is 4.86. The topological polar surface area (TPSA) is 103 Å². The fourth-order valence-corrected chi connectivity index (χ4v) is 6.55. The molecule has 2 aliphatic heterocycles. The van der Waals surface area contributed by atoms with Gasteiger partial charge in [0.2, 0.25) is 0 Å². The fourth-order valence-electron chi connectivity index (χ4n) is 6.31. The van der Waals surface area contributed by atoms with E-state index in [1.54, 1.807) is 6.20 Å². The number of H-pyrrole nitrogens is 1. The molecule has 1 spiro atoms. The van der Waals surface area contributed by atoms with Gasteiger partial charge in [-0.1, -0.05) is 11.6 Å². The van der Waals surface area contributed by atoms with Crippen molar-refractivity contribution in [2.24, 2.45) is 11.3 Å². The zero-order valence-corrected chi connectivity index (χ0v) is 21.6. The van der Waals surface area contributed by atoms with Gasteiger partial charge in [-0.25, -0.2) is 9.97 Å². The second-order valence-electron chi connectivity index (χ2n) is 10.9. The number of benzene rings is 2. The summed E-state index contributed by atoms with van der Waals surface area (Å²) >= 11 is 6.79. The lowest BCUT2D eigenvalue weighted by molar-refractivity contribution is -0.141. The molecule has 5 heterocycles. The molecular formula is C28H26ClN7O2. The Labute approximate surface area is 223 Å². The normalized spacial score (nSPS) is 24.9. The Morgan fingerprint density at radius 2 is 1.97 bits per heavy atom. The second-order valence-corrected chi connectivity index (χ2v) is 11.3. The molecule has 1 saturated carbocycles. The van der Waals surface area contributed by atoms with E-state index in [1.807, 2.05) is 43.5 Å². The molecule has 2 aromatic carbocycles. The summed E-state index contributed by atoms with van der Waals surface area (Å²) in [5.41, 5.74) is 5.20. The highest BCUT2D eigenvalue weighted by atomic mass is 35.5. The lowest BCUT2D eigenvalue weighted by Gasteiger charge is -2.62. The summed E-state index contributed by atoms with van der Waals surface area (Å²) in [6.07, 6.45) is 8.04. The van der Waals surface area contributed by atoms with Gasteiger partial charge < -0.3 is 19.8 Å². The SMILES string of the molecule is Cc1nc2ccc(Oc3ccc4ncc(-c5cnn(C6CC7(CNC7C7COC7)C6)c5)nc4c3Cl)cc2[nH]1. The summed E-state index contributed by atoms with van der Waals surface area (Å²) in [6, 6.07) is 10.4. The van der Waals surface area contributed by atoms with E-state index in [0.717, 1.165) is 60.7 Å². The molecule has 1 aliphatic carbocycles. The Balaban J connectivity index is 1.03. The first-order valence-corrected chi connectivity index (χ1v) is 13.4. The first-order chi connectivity index (χ1) is 18.5.